The third kappa shape index (κ3) is 6.95. The van der Waals surface area contributed by atoms with E-state index in [1.807, 2.05) is 0 Å². The number of hydrogen-bond acceptors (Lipinski definition) is 2. The third-order valence-electron chi connectivity index (χ3n) is 4.41. The molecule has 1 N–H and O–H groups in total. The minimum absolute atomic E-state index is 0.563. The molecular weight excluding hydrogens is 282 g/mol. The molecule has 0 radical (unpaired) electrons. The summed E-state index contributed by atoms with van der Waals surface area (Å²) in [6, 6.07) is 4.50. The van der Waals surface area contributed by atoms with Gasteiger partial charge in [-0.15, -0.1) is 0 Å². The molecule has 0 fully saturated rings. The Balaban J connectivity index is 2.98. The zero-order valence-corrected chi connectivity index (χ0v) is 15.8. The zero-order chi connectivity index (χ0) is 17.1. The largest absolute Gasteiger partial charge is 0.507 e. The molecule has 0 heterocycles. The molecule has 0 aliphatic rings. The van der Waals surface area contributed by atoms with Crippen LogP contribution in [0.5, 0.6) is 5.75 Å². The van der Waals surface area contributed by atoms with E-state index in [-0.39, 0.29) is 0 Å². The zero-order valence-electron chi connectivity index (χ0n) is 15.8. The molecule has 0 bridgehead atoms. The van der Waals surface area contributed by atoms with E-state index in [1.165, 1.54) is 31.2 Å². The predicted molar refractivity (Wildman–Crippen MR) is 101 cm³/mol. The maximum Gasteiger partial charge on any atom is 0.121 e. The molecule has 1 aromatic rings. The summed E-state index contributed by atoms with van der Waals surface area (Å²) in [7, 11) is 0. The molecule has 23 heavy (non-hydrogen) atoms. The van der Waals surface area contributed by atoms with E-state index in [9.17, 15) is 5.11 Å². The van der Waals surface area contributed by atoms with Gasteiger partial charge >= 0.3 is 0 Å². The minimum Gasteiger partial charge on any atom is -0.507 e. The van der Waals surface area contributed by atoms with Gasteiger partial charge in [0.1, 0.15) is 5.75 Å². The van der Waals surface area contributed by atoms with Crippen molar-refractivity contribution in [3.05, 3.63) is 28.8 Å². The molecule has 0 spiro atoms. The van der Waals surface area contributed by atoms with Gasteiger partial charge in [-0.1, -0.05) is 52.7 Å². The number of phenolic OH excluding ortho intramolecular Hbond substituents is 1. The Morgan fingerprint density at radius 3 is 1.65 bits per heavy atom. The SMILES string of the molecule is CCCCc1cc(CN(CCC)CCC)cc(CCCC)c1O. The summed E-state index contributed by atoms with van der Waals surface area (Å²) in [6.07, 6.45) is 9.04. The van der Waals surface area contributed by atoms with Crippen LogP contribution < -0.4 is 0 Å². The molecule has 0 saturated heterocycles. The van der Waals surface area contributed by atoms with Crippen LogP contribution >= 0.6 is 0 Å². The van der Waals surface area contributed by atoms with E-state index in [4.69, 9.17) is 0 Å². The molecule has 1 rings (SSSR count). The van der Waals surface area contributed by atoms with E-state index >= 15 is 0 Å². The first kappa shape index (κ1) is 20.0. The molecule has 0 aliphatic carbocycles. The normalized spacial score (nSPS) is 11.3. The fraction of sp³-hybridized carbons (Fsp3) is 0.714. The number of rotatable bonds is 12. The monoisotopic (exact) mass is 319 g/mol. The van der Waals surface area contributed by atoms with Gasteiger partial charge in [0.2, 0.25) is 0 Å². The van der Waals surface area contributed by atoms with Crippen molar-refractivity contribution in [2.75, 3.05) is 13.1 Å². The summed E-state index contributed by atoms with van der Waals surface area (Å²) in [5.41, 5.74) is 3.69. The van der Waals surface area contributed by atoms with Gasteiger partial charge in [-0.3, -0.25) is 4.90 Å². The molecule has 0 aromatic heterocycles. The highest BCUT2D eigenvalue weighted by molar-refractivity contribution is 5.44. The molecule has 2 nitrogen and oxygen atoms in total. The number of unbranched alkanes of at least 4 members (excludes halogenated alkanes) is 2. The van der Waals surface area contributed by atoms with Gasteiger partial charge in [0.05, 0.1) is 0 Å². The topological polar surface area (TPSA) is 23.5 Å². The molecule has 1 aromatic carbocycles. The van der Waals surface area contributed by atoms with Crippen LogP contribution in [-0.2, 0) is 19.4 Å². The average Bonchev–Trinajstić information content (AvgIpc) is 2.54. The molecule has 2 heteroatoms. The highest BCUT2D eigenvalue weighted by atomic mass is 16.3. The first-order valence-corrected chi connectivity index (χ1v) is 9.72. The Hall–Kier alpha value is -1.02. The fourth-order valence-electron chi connectivity index (χ4n) is 3.20. The minimum atomic E-state index is 0.563. The van der Waals surface area contributed by atoms with E-state index < -0.39 is 0 Å². The lowest BCUT2D eigenvalue weighted by atomic mass is 9.96. The summed E-state index contributed by atoms with van der Waals surface area (Å²) in [4.78, 5) is 2.54. The van der Waals surface area contributed by atoms with Crippen LogP contribution in [0.4, 0.5) is 0 Å². The Kier molecular flexibility index (Phi) is 10.0. The van der Waals surface area contributed by atoms with Gasteiger partial charge in [-0.05, 0) is 68.3 Å². The van der Waals surface area contributed by atoms with Gasteiger partial charge in [-0.25, -0.2) is 0 Å². The van der Waals surface area contributed by atoms with E-state index in [0.717, 1.165) is 56.4 Å². The number of benzene rings is 1. The number of hydrogen-bond donors (Lipinski definition) is 1. The van der Waals surface area contributed by atoms with E-state index in [0.29, 0.717) is 5.75 Å². The van der Waals surface area contributed by atoms with Crippen LogP contribution in [0.2, 0.25) is 0 Å². The molecule has 0 amide bonds. The summed E-state index contributed by atoms with van der Waals surface area (Å²) in [5, 5.41) is 10.6. The first-order chi connectivity index (χ1) is 11.2. The second-order valence-electron chi connectivity index (χ2n) is 6.75. The summed E-state index contributed by atoms with van der Waals surface area (Å²) >= 11 is 0. The lowest BCUT2D eigenvalue weighted by molar-refractivity contribution is 0.266. The van der Waals surface area contributed by atoms with Gasteiger partial charge in [0, 0.05) is 6.54 Å². The summed E-state index contributed by atoms with van der Waals surface area (Å²) in [6.45, 7) is 12.2. The highest BCUT2D eigenvalue weighted by Gasteiger charge is 2.12. The summed E-state index contributed by atoms with van der Waals surface area (Å²) in [5.74, 6) is 0.563. The van der Waals surface area contributed by atoms with E-state index in [2.05, 4.69) is 44.7 Å². The van der Waals surface area contributed by atoms with Crippen LogP contribution in [-0.4, -0.2) is 23.1 Å². The van der Waals surface area contributed by atoms with Crippen LogP contribution in [0.3, 0.4) is 0 Å². The number of aryl methyl sites for hydroxylation is 2. The maximum absolute atomic E-state index is 10.6. The second kappa shape index (κ2) is 11.5. The third-order valence-corrected chi connectivity index (χ3v) is 4.41. The average molecular weight is 320 g/mol. The Labute approximate surface area is 143 Å². The molecule has 0 atom stereocenters. The van der Waals surface area contributed by atoms with Crippen LogP contribution in [0.15, 0.2) is 12.1 Å². The van der Waals surface area contributed by atoms with Crippen molar-refractivity contribution >= 4 is 0 Å². The molecule has 132 valence electrons. The van der Waals surface area contributed by atoms with Crippen LogP contribution in [0.1, 0.15) is 82.9 Å². The Morgan fingerprint density at radius 2 is 1.26 bits per heavy atom. The van der Waals surface area contributed by atoms with Crippen molar-refractivity contribution in [2.45, 2.75) is 85.6 Å². The van der Waals surface area contributed by atoms with Crippen molar-refractivity contribution in [1.29, 1.82) is 0 Å². The molecule has 0 aliphatic heterocycles. The van der Waals surface area contributed by atoms with Crippen LogP contribution in [0.25, 0.3) is 0 Å². The highest BCUT2D eigenvalue weighted by Crippen LogP contribution is 2.28. The number of phenols is 1. The van der Waals surface area contributed by atoms with Crippen molar-refractivity contribution in [1.82, 2.24) is 4.90 Å². The van der Waals surface area contributed by atoms with Crippen molar-refractivity contribution in [3.8, 4) is 5.75 Å². The fourth-order valence-corrected chi connectivity index (χ4v) is 3.20. The Bertz CT molecular complexity index is 406. The van der Waals surface area contributed by atoms with Crippen molar-refractivity contribution in [3.63, 3.8) is 0 Å². The molecule has 0 saturated carbocycles. The van der Waals surface area contributed by atoms with Gasteiger partial charge in [-0.2, -0.15) is 0 Å². The first-order valence-electron chi connectivity index (χ1n) is 9.72. The van der Waals surface area contributed by atoms with Gasteiger partial charge < -0.3 is 5.11 Å². The Morgan fingerprint density at radius 1 is 0.783 bits per heavy atom. The van der Waals surface area contributed by atoms with Crippen molar-refractivity contribution in [2.24, 2.45) is 0 Å². The summed E-state index contributed by atoms with van der Waals surface area (Å²) < 4.78 is 0. The maximum atomic E-state index is 10.6. The number of nitrogens with zero attached hydrogens (tertiary/aromatic N) is 1. The van der Waals surface area contributed by atoms with Gasteiger partial charge in [0.15, 0.2) is 0 Å². The standard InChI is InChI=1S/C21H37NO/c1-5-9-11-19-15-18(17-22(13-7-3)14-8-4)16-20(21(19)23)12-10-6-2/h15-16,23H,5-14,17H2,1-4H3. The lowest BCUT2D eigenvalue weighted by Gasteiger charge is -2.22. The second-order valence-corrected chi connectivity index (χ2v) is 6.75. The number of aromatic hydroxyl groups is 1. The predicted octanol–water partition coefficient (Wildman–Crippen LogP) is 5.70. The smallest absolute Gasteiger partial charge is 0.121 e. The lowest BCUT2D eigenvalue weighted by Crippen LogP contribution is -2.25. The van der Waals surface area contributed by atoms with Crippen LogP contribution in [0, 0.1) is 0 Å². The van der Waals surface area contributed by atoms with E-state index in [1.54, 1.807) is 0 Å². The van der Waals surface area contributed by atoms with Gasteiger partial charge in [0.25, 0.3) is 0 Å². The molecular formula is C21H37NO. The van der Waals surface area contributed by atoms with Crippen molar-refractivity contribution < 1.29 is 5.11 Å². The molecule has 0 unspecified atom stereocenters. The quantitative estimate of drug-likeness (QED) is 0.534.